The van der Waals surface area contributed by atoms with Crippen molar-refractivity contribution < 1.29 is 4.52 Å². The summed E-state index contributed by atoms with van der Waals surface area (Å²) in [4.78, 5) is 11.6. The second kappa shape index (κ2) is 7.61. The van der Waals surface area contributed by atoms with Gasteiger partial charge in [0, 0.05) is 31.2 Å². The van der Waals surface area contributed by atoms with Crippen LogP contribution in [0.2, 0.25) is 0 Å². The van der Waals surface area contributed by atoms with E-state index in [4.69, 9.17) is 9.51 Å². The minimum absolute atomic E-state index is 0.652. The van der Waals surface area contributed by atoms with Crippen molar-refractivity contribution in [2.75, 3.05) is 13.1 Å². The van der Waals surface area contributed by atoms with E-state index in [1.54, 1.807) is 0 Å². The first-order valence-corrected chi connectivity index (χ1v) is 9.61. The molecule has 0 saturated carbocycles. The molecule has 0 N–H and O–H groups in total. The lowest BCUT2D eigenvalue weighted by Crippen LogP contribution is -2.21. The second-order valence-electron chi connectivity index (χ2n) is 7.61. The Morgan fingerprint density at radius 2 is 2.07 bits per heavy atom. The predicted molar refractivity (Wildman–Crippen MR) is 105 cm³/mol. The van der Waals surface area contributed by atoms with Crippen molar-refractivity contribution in [1.82, 2.24) is 20.0 Å². The Balaban J connectivity index is 1.42. The molecule has 4 heterocycles. The molecule has 0 radical (unpaired) electrons. The Hall–Kier alpha value is -2.53. The van der Waals surface area contributed by atoms with Crippen molar-refractivity contribution >= 4 is 0 Å². The first-order chi connectivity index (χ1) is 13.1. The lowest BCUT2D eigenvalue weighted by Gasteiger charge is -2.17. The van der Waals surface area contributed by atoms with Gasteiger partial charge in [-0.25, -0.2) is 0 Å². The molecule has 0 aromatic carbocycles. The predicted octanol–water partition coefficient (Wildman–Crippen LogP) is 4.12. The van der Waals surface area contributed by atoms with E-state index in [0.29, 0.717) is 5.92 Å². The molecule has 1 unspecified atom stereocenters. The Morgan fingerprint density at radius 3 is 2.85 bits per heavy atom. The van der Waals surface area contributed by atoms with E-state index in [1.165, 1.54) is 17.5 Å². The molecular weight excluding hydrogens is 336 g/mol. The van der Waals surface area contributed by atoms with Gasteiger partial charge in [0.15, 0.2) is 0 Å². The molecule has 1 aliphatic heterocycles. The summed E-state index contributed by atoms with van der Waals surface area (Å²) in [5.41, 5.74) is 6.69. The molecule has 0 spiro atoms. The van der Waals surface area contributed by atoms with Gasteiger partial charge in [0.1, 0.15) is 5.76 Å². The summed E-state index contributed by atoms with van der Waals surface area (Å²) in [7, 11) is 0. The molecule has 5 nitrogen and oxygen atoms in total. The van der Waals surface area contributed by atoms with Crippen LogP contribution >= 0.6 is 0 Å². The number of aryl methyl sites for hydroxylation is 3. The third-order valence-electron chi connectivity index (χ3n) is 5.49. The maximum absolute atomic E-state index is 5.30. The SMILES string of the molecule is Cc1cnccc1CN1CCC(Cc2cccc(-c3c(C)noc3C)n2)C1. The summed E-state index contributed by atoms with van der Waals surface area (Å²) in [6, 6.07) is 8.41. The van der Waals surface area contributed by atoms with Crippen LogP contribution in [0.1, 0.15) is 34.7 Å². The largest absolute Gasteiger partial charge is 0.361 e. The minimum Gasteiger partial charge on any atom is -0.361 e. The molecule has 3 aromatic rings. The van der Waals surface area contributed by atoms with Gasteiger partial charge in [-0.1, -0.05) is 11.2 Å². The number of rotatable bonds is 5. The zero-order chi connectivity index (χ0) is 18.8. The molecule has 0 bridgehead atoms. The van der Waals surface area contributed by atoms with E-state index >= 15 is 0 Å². The van der Waals surface area contributed by atoms with E-state index in [0.717, 1.165) is 54.5 Å². The fraction of sp³-hybridized carbons (Fsp3) is 0.409. The van der Waals surface area contributed by atoms with Gasteiger partial charge in [-0.15, -0.1) is 0 Å². The molecule has 5 heteroatoms. The maximum atomic E-state index is 5.30. The molecule has 1 atom stereocenters. The van der Waals surface area contributed by atoms with Crippen LogP contribution in [0.15, 0.2) is 41.2 Å². The van der Waals surface area contributed by atoms with E-state index in [-0.39, 0.29) is 0 Å². The summed E-state index contributed by atoms with van der Waals surface area (Å²) in [6.45, 7) is 9.34. The second-order valence-corrected chi connectivity index (χ2v) is 7.61. The van der Waals surface area contributed by atoms with Crippen molar-refractivity contribution in [2.24, 2.45) is 5.92 Å². The van der Waals surface area contributed by atoms with Crippen LogP contribution in [0.5, 0.6) is 0 Å². The molecule has 0 amide bonds. The van der Waals surface area contributed by atoms with Crippen LogP contribution < -0.4 is 0 Å². The van der Waals surface area contributed by atoms with E-state index in [2.05, 4.69) is 40.2 Å². The first-order valence-electron chi connectivity index (χ1n) is 9.61. The van der Waals surface area contributed by atoms with Gasteiger partial charge in [0.25, 0.3) is 0 Å². The average Bonchev–Trinajstić information content (AvgIpc) is 3.23. The highest BCUT2D eigenvalue weighted by atomic mass is 16.5. The molecule has 4 rings (SSSR count). The van der Waals surface area contributed by atoms with Crippen LogP contribution in [0.25, 0.3) is 11.3 Å². The number of hydrogen-bond donors (Lipinski definition) is 0. The first kappa shape index (κ1) is 17.9. The van der Waals surface area contributed by atoms with Crippen molar-refractivity contribution in [2.45, 2.75) is 40.2 Å². The van der Waals surface area contributed by atoms with Gasteiger partial charge in [-0.3, -0.25) is 14.9 Å². The maximum Gasteiger partial charge on any atom is 0.143 e. The molecular formula is C22H26N4O. The Morgan fingerprint density at radius 1 is 1.19 bits per heavy atom. The number of nitrogens with zero attached hydrogens (tertiary/aromatic N) is 4. The lowest BCUT2D eigenvalue weighted by atomic mass is 10.0. The summed E-state index contributed by atoms with van der Waals surface area (Å²) < 4.78 is 5.30. The van der Waals surface area contributed by atoms with E-state index in [1.807, 2.05) is 32.3 Å². The average molecular weight is 362 g/mol. The highest BCUT2D eigenvalue weighted by molar-refractivity contribution is 5.63. The van der Waals surface area contributed by atoms with Gasteiger partial charge < -0.3 is 4.52 Å². The van der Waals surface area contributed by atoms with E-state index < -0.39 is 0 Å². The van der Waals surface area contributed by atoms with E-state index in [9.17, 15) is 0 Å². The third-order valence-corrected chi connectivity index (χ3v) is 5.49. The molecule has 27 heavy (non-hydrogen) atoms. The van der Waals surface area contributed by atoms with Crippen molar-refractivity contribution in [3.05, 3.63) is 64.9 Å². The van der Waals surface area contributed by atoms with Gasteiger partial charge in [-0.2, -0.15) is 0 Å². The summed E-state index contributed by atoms with van der Waals surface area (Å²) >= 11 is 0. The Labute approximate surface area is 160 Å². The monoisotopic (exact) mass is 362 g/mol. The molecule has 3 aromatic heterocycles. The minimum atomic E-state index is 0.652. The topological polar surface area (TPSA) is 55.1 Å². The Kier molecular flexibility index (Phi) is 5.03. The van der Waals surface area contributed by atoms with Crippen molar-refractivity contribution in [3.63, 3.8) is 0 Å². The molecule has 0 aliphatic carbocycles. The highest BCUT2D eigenvalue weighted by Gasteiger charge is 2.24. The smallest absolute Gasteiger partial charge is 0.143 e. The molecule has 1 aliphatic rings. The summed E-state index contributed by atoms with van der Waals surface area (Å²) in [5, 5.41) is 4.06. The zero-order valence-corrected chi connectivity index (χ0v) is 16.3. The van der Waals surface area contributed by atoms with Crippen LogP contribution in [0.3, 0.4) is 0 Å². The Bertz CT molecular complexity index is 914. The quantitative estimate of drug-likeness (QED) is 0.683. The van der Waals surface area contributed by atoms with Crippen molar-refractivity contribution in [3.8, 4) is 11.3 Å². The summed E-state index contributed by atoms with van der Waals surface area (Å²) in [5.74, 6) is 1.48. The number of likely N-dealkylation sites (tertiary alicyclic amines) is 1. The fourth-order valence-corrected chi connectivity index (χ4v) is 4.02. The van der Waals surface area contributed by atoms with Crippen LogP contribution in [-0.2, 0) is 13.0 Å². The molecule has 1 fully saturated rings. The lowest BCUT2D eigenvalue weighted by molar-refractivity contribution is 0.315. The normalized spacial score (nSPS) is 17.5. The van der Waals surface area contributed by atoms with Gasteiger partial charge >= 0.3 is 0 Å². The van der Waals surface area contributed by atoms with Gasteiger partial charge in [0.2, 0.25) is 0 Å². The molecule has 1 saturated heterocycles. The number of hydrogen-bond acceptors (Lipinski definition) is 5. The fourth-order valence-electron chi connectivity index (χ4n) is 4.02. The third kappa shape index (κ3) is 3.93. The summed E-state index contributed by atoms with van der Waals surface area (Å²) in [6.07, 6.45) is 6.08. The van der Waals surface area contributed by atoms with Crippen LogP contribution in [0, 0.1) is 26.7 Å². The standard InChI is InChI=1S/C22H26N4O/c1-15-12-23-9-7-19(15)14-26-10-8-18(13-26)11-20-5-4-6-21(24-20)22-16(2)25-27-17(22)3/h4-7,9,12,18H,8,10-11,13-14H2,1-3H3. The zero-order valence-electron chi connectivity index (χ0n) is 16.3. The van der Waals surface area contributed by atoms with Crippen LogP contribution in [-0.4, -0.2) is 33.1 Å². The van der Waals surface area contributed by atoms with Gasteiger partial charge in [0.05, 0.1) is 17.0 Å². The highest BCUT2D eigenvalue weighted by Crippen LogP contribution is 2.27. The molecule has 140 valence electrons. The van der Waals surface area contributed by atoms with Crippen LogP contribution in [0.4, 0.5) is 0 Å². The number of aromatic nitrogens is 3. The van der Waals surface area contributed by atoms with Gasteiger partial charge in [-0.05, 0) is 75.4 Å². The van der Waals surface area contributed by atoms with Crippen molar-refractivity contribution in [1.29, 1.82) is 0 Å². The number of pyridine rings is 2.